The average molecular weight is 537 g/mol. The number of benzene rings is 1. The van der Waals surface area contributed by atoms with Crippen LogP contribution in [0.15, 0.2) is 42.0 Å². The van der Waals surface area contributed by atoms with Crippen LogP contribution in [0.4, 0.5) is 0 Å². The second-order valence-corrected chi connectivity index (χ2v) is 9.33. The number of hydrogen-bond acceptors (Lipinski definition) is 6. The maximum Gasteiger partial charge on any atom is 0.249 e. The molecule has 210 valence electrons. The Morgan fingerprint density at radius 2 is 1.72 bits per heavy atom. The summed E-state index contributed by atoms with van der Waals surface area (Å²) < 4.78 is 23.5. The molecule has 0 radical (unpaired) electrons. The first-order valence-electron chi connectivity index (χ1n) is 13.6. The molecular weight excluding hydrogens is 496 g/mol. The van der Waals surface area contributed by atoms with Gasteiger partial charge in [-0.2, -0.15) is 5.26 Å². The number of likely N-dealkylation sites (N-methyl/N-ethyl adjacent to an activating group) is 1. The Balaban J connectivity index is 1.86. The van der Waals surface area contributed by atoms with Gasteiger partial charge < -0.3 is 33.5 Å². The highest BCUT2D eigenvalue weighted by Crippen LogP contribution is 2.28. The van der Waals surface area contributed by atoms with Gasteiger partial charge in [-0.3, -0.25) is 4.79 Å². The Bertz CT molecular complexity index is 995. The Labute approximate surface area is 232 Å². The summed E-state index contributed by atoms with van der Waals surface area (Å²) in [6.07, 6.45) is 4.64. The molecule has 0 bridgehead atoms. The molecule has 2 rings (SSSR count). The van der Waals surface area contributed by atoms with E-state index in [1.54, 1.807) is 18.0 Å². The fourth-order valence-corrected chi connectivity index (χ4v) is 4.31. The fraction of sp³-hybridized carbons (Fsp3) is 0.600. The number of amides is 1. The van der Waals surface area contributed by atoms with Crippen molar-refractivity contribution in [3.05, 3.63) is 70.4 Å². The van der Waals surface area contributed by atoms with Crippen molar-refractivity contribution in [1.82, 2.24) is 4.90 Å². The number of nitrogens with zero attached hydrogens (tertiary/aromatic N) is 4. The molecule has 9 nitrogen and oxygen atoms in total. The molecule has 1 aliphatic carbocycles. The maximum atomic E-state index is 13.3. The molecule has 0 aromatic heterocycles. The van der Waals surface area contributed by atoms with Crippen molar-refractivity contribution in [1.29, 1.82) is 5.26 Å². The Morgan fingerprint density at radius 1 is 1.00 bits per heavy atom. The van der Waals surface area contributed by atoms with E-state index in [1.165, 1.54) is 5.56 Å². The molecule has 0 saturated carbocycles. The molecule has 1 aromatic rings. The minimum absolute atomic E-state index is 0.0894. The summed E-state index contributed by atoms with van der Waals surface area (Å²) in [6, 6.07) is 12.2. The van der Waals surface area contributed by atoms with E-state index in [4.69, 9.17) is 37.4 Å². The Kier molecular flexibility index (Phi) is 16.2. The van der Waals surface area contributed by atoms with E-state index in [9.17, 15) is 4.79 Å². The summed E-state index contributed by atoms with van der Waals surface area (Å²) in [7, 11) is 1.80. The van der Waals surface area contributed by atoms with Gasteiger partial charge in [0.05, 0.1) is 31.8 Å². The number of carbonyl (C=O) groups excluding carboxylic acids is 1. The summed E-state index contributed by atoms with van der Waals surface area (Å²) in [6.45, 7) is 17.1. The highest BCUT2D eigenvalue weighted by atomic mass is 16.6. The first-order valence-corrected chi connectivity index (χ1v) is 13.6. The van der Waals surface area contributed by atoms with Crippen molar-refractivity contribution in [3.63, 3.8) is 0 Å². The van der Waals surface area contributed by atoms with Gasteiger partial charge in [-0.25, -0.2) is 13.1 Å². The van der Waals surface area contributed by atoms with Crippen LogP contribution in [0.2, 0.25) is 0 Å². The monoisotopic (exact) mass is 536 g/mol. The molecule has 0 N–H and O–H groups in total. The smallest absolute Gasteiger partial charge is 0.249 e. The van der Waals surface area contributed by atoms with Gasteiger partial charge in [-0.1, -0.05) is 43.2 Å². The van der Waals surface area contributed by atoms with Crippen LogP contribution in [0.1, 0.15) is 44.1 Å². The quantitative estimate of drug-likeness (QED) is 0.192. The number of carbonyl (C=O) groups is 1. The molecule has 3 atom stereocenters. The molecule has 0 saturated heterocycles. The zero-order chi connectivity index (χ0) is 28.1. The van der Waals surface area contributed by atoms with E-state index in [0.717, 1.165) is 32.3 Å². The molecule has 0 heterocycles. The van der Waals surface area contributed by atoms with Crippen molar-refractivity contribution >= 4 is 5.91 Å². The number of ether oxygens (including phenoxy) is 4. The third-order valence-corrected chi connectivity index (χ3v) is 6.31. The number of unbranched alkanes of at least 4 members (excludes halogenated alkanes) is 3. The highest BCUT2D eigenvalue weighted by Gasteiger charge is 2.38. The minimum atomic E-state index is -0.584. The summed E-state index contributed by atoms with van der Waals surface area (Å²) in [5, 5.41) is 8.92. The van der Waals surface area contributed by atoms with Gasteiger partial charge >= 0.3 is 0 Å². The van der Waals surface area contributed by atoms with Gasteiger partial charge in [0.25, 0.3) is 0 Å². The highest BCUT2D eigenvalue weighted by molar-refractivity contribution is 5.93. The SMILES string of the molecule is [C-]#[N+]CCO[C@@H]1[C@H](OCCC#N)C=C(C(=O)N(C)CCCCCCOCc2ccccc2)C[C@H]1OCC[N+]#[C-]. The third kappa shape index (κ3) is 12.4. The van der Waals surface area contributed by atoms with Gasteiger partial charge in [-0.05, 0) is 24.5 Å². The van der Waals surface area contributed by atoms with Gasteiger partial charge in [0.1, 0.15) is 25.4 Å². The molecule has 0 unspecified atom stereocenters. The van der Waals surface area contributed by atoms with E-state index in [-0.39, 0.29) is 45.2 Å². The fourth-order valence-electron chi connectivity index (χ4n) is 4.31. The molecule has 0 fully saturated rings. The molecular formula is C30H40N4O5. The summed E-state index contributed by atoms with van der Waals surface area (Å²) >= 11 is 0. The first kappa shape index (κ1) is 32.0. The molecule has 0 aliphatic heterocycles. The van der Waals surface area contributed by atoms with Crippen molar-refractivity contribution in [3.8, 4) is 6.07 Å². The topological polar surface area (TPSA) is 89.7 Å². The number of rotatable bonds is 19. The lowest BCUT2D eigenvalue weighted by molar-refractivity contribution is -0.136. The van der Waals surface area contributed by atoms with Crippen LogP contribution >= 0.6 is 0 Å². The molecule has 1 amide bonds. The van der Waals surface area contributed by atoms with Gasteiger partial charge in [0, 0.05) is 32.2 Å². The van der Waals surface area contributed by atoms with Crippen LogP contribution in [0, 0.1) is 24.5 Å². The third-order valence-electron chi connectivity index (χ3n) is 6.31. The van der Waals surface area contributed by atoms with Gasteiger partial charge in [0.15, 0.2) is 0 Å². The predicted octanol–water partition coefficient (Wildman–Crippen LogP) is 4.46. The van der Waals surface area contributed by atoms with Crippen molar-refractivity contribution < 1.29 is 23.7 Å². The van der Waals surface area contributed by atoms with Gasteiger partial charge in [0.2, 0.25) is 19.0 Å². The Hall–Kier alpha value is -3.26. The second-order valence-electron chi connectivity index (χ2n) is 9.33. The first-order chi connectivity index (χ1) is 19.1. The molecule has 9 heteroatoms. The van der Waals surface area contributed by atoms with E-state index in [0.29, 0.717) is 25.1 Å². The van der Waals surface area contributed by atoms with E-state index >= 15 is 0 Å². The average Bonchev–Trinajstić information content (AvgIpc) is 2.95. The maximum absolute atomic E-state index is 13.3. The lowest BCUT2D eigenvalue weighted by Gasteiger charge is -2.36. The van der Waals surface area contributed by atoms with Crippen LogP contribution in [-0.2, 0) is 30.3 Å². The summed E-state index contributed by atoms with van der Waals surface area (Å²) in [5.41, 5.74) is 1.75. The molecule has 0 spiro atoms. The van der Waals surface area contributed by atoms with Crippen LogP contribution in [0.3, 0.4) is 0 Å². The van der Waals surface area contributed by atoms with E-state index < -0.39 is 18.3 Å². The van der Waals surface area contributed by atoms with Crippen LogP contribution in [-0.4, -0.2) is 82.2 Å². The molecule has 39 heavy (non-hydrogen) atoms. The number of nitriles is 1. The van der Waals surface area contributed by atoms with E-state index in [1.807, 2.05) is 18.2 Å². The van der Waals surface area contributed by atoms with Crippen LogP contribution < -0.4 is 0 Å². The lowest BCUT2D eigenvalue weighted by atomic mass is 9.90. The molecule has 1 aromatic carbocycles. The zero-order valence-electron chi connectivity index (χ0n) is 22.9. The van der Waals surface area contributed by atoms with Crippen LogP contribution in [0.25, 0.3) is 9.69 Å². The van der Waals surface area contributed by atoms with Crippen LogP contribution in [0.5, 0.6) is 0 Å². The zero-order valence-corrected chi connectivity index (χ0v) is 22.9. The Morgan fingerprint density at radius 3 is 2.44 bits per heavy atom. The van der Waals surface area contributed by atoms with Crippen molar-refractivity contribution in [2.75, 3.05) is 53.1 Å². The largest absolute Gasteiger partial charge is 0.377 e. The standard InChI is InChI=1S/C30H40N4O5/c1-32-15-20-38-28-23-26(22-27(37-19-11-14-31)29(28)39-21-16-33-2)30(35)34(3)17-9-4-5-10-18-36-24-25-12-7-6-8-13-25/h6-8,12-13,22,27-29H,4-5,9-11,15-21,23-24H2,3H3/t27-,28-,29-/m1/s1. The van der Waals surface area contributed by atoms with Crippen molar-refractivity contribution in [2.24, 2.45) is 0 Å². The van der Waals surface area contributed by atoms with Crippen molar-refractivity contribution in [2.45, 2.75) is 63.4 Å². The van der Waals surface area contributed by atoms with Gasteiger partial charge in [-0.15, -0.1) is 0 Å². The molecule has 1 aliphatic rings. The predicted molar refractivity (Wildman–Crippen MR) is 147 cm³/mol. The number of hydrogen-bond donors (Lipinski definition) is 0. The normalized spacial score (nSPS) is 18.4. The minimum Gasteiger partial charge on any atom is -0.377 e. The van der Waals surface area contributed by atoms with E-state index in [2.05, 4.69) is 27.9 Å². The lowest BCUT2D eigenvalue weighted by Crippen LogP contribution is -2.47. The summed E-state index contributed by atoms with van der Waals surface area (Å²) in [5.74, 6) is -0.0894. The summed E-state index contributed by atoms with van der Waals surface area (Å²) in [4.78, 5) is 21.7. The second kappa shape index (κ2) is 19.8.